The molecule has 0 aliphatic carbocycles. The van der Waals surface area contributed by atoms with Gasteiger partial charge in [0.25, 0.3) is 0 Å². The second-order valence-electron chi connectivity index (χ2n) is 4.36. The van der Waals surface area contributed by atoms with E-state index in [1.165, 1.54) is 11.7 Å². The molecule has 84 valence electrons. The van der Waals surface area contributed by atoms with Crippen LogP contribution in [0, 0.1) is 6.92 Å². The molecular weight excluding hydrogens is 194 g/mol. The number of rotatable bonds is 1. The highest BCUT2D eigenvalue weighted by molar-refractivity contribution is 5.73. The van der Waals surface area contributed by atoms with Gasteiger partial charge in [-0.3, -0.25) is 0 Å². The summed E-state index contributed by atoms with van der Waals surface area (Å²) < 4.78 is 11.7. The molecular formula is C11H17NO3. The van der Waals surface area contributed by atoms with Gasteiger partial charge in [-0.15, -0.1) is 0 Å². The first-order valence-electron chi connectivity index (χ1n) is 4.80. The molecule has 1 aromatic rings. The molecule has 0 saturated heterocycles. The molecule has 1 rings (SSSR count). The fourth-order valence-electron chi connectivity index (χ4n) is 1.23. The van der Waals surface area contributed by atoms with Crippen molar-refractivity contribution in [2.24, 2.45) is 0 Å². The zero-order valence-corrected chi connectivity index (χ0v) is 9.83. The quantitative estimate of drug-likeness (QED) is 0.716. The molecule has 0 amide bonds. The van der Waals surface area contributed by atoms with Crippen molar-refractivity contribution in [3.8, 4) is 5.88 Å². The summed E-state index contributed by atoms with van der Waals surface area (Å²) in [6, 6.07) is 1.81. The third-order valence-corrected chi connectivity index (χ3v) is 1.81. The van der Waals surface area contributed by atoms with Gasteiger partial charge in [0.2, 0.25) is 5.88 Å². The minimum atomic E-state index is -0.500. The van der Waals surface area contributed by atoms with Gasteiger partial charge in [-0.1, -0.05) is 0 Å². The summed E-state index contributed by atoms with van der Waals surface area (Å²) in [5, 5.41) is 0. The van der Waals surface area contributed by atoms with Crippen LogP contribution in [0.5, 0.6) is 5.88 Å². The summed E-state index contributed by atoms with van der Waals surface area (Å²) >= 11 is 0. The number of aromatic nitrogens is 1. The van der Waals surface area contributed by atoms with E-state index >= 15 is 0 Å². The molecule has 0 aromatic carbocycles. The fourth-order valence-corrected chi connectivity index (χ4v) is 1.23. The number of nitrogens with zero attached hydrogens (tertiary/aromatic N) is 1. The number of carbonyl (C=O) groups is 1. The van der Waals surface area contributed by atoms with Crippen molar-refractivity contribution in [3.05, 3.63) is 17.8 Å². The fraction of sp³-hybridized carbons (Fsp3) is 0.545. The maximum absolute atomic E-state index is 11.7. The van der Waals surface area contributed by atoms with Crippen LogP contribution in [0.4, 0.5) is 4.79 Å². The molecule has 4 nitrogen and oxygen atoms in total. The van der Waals surface area contributed by atoms with Crippen molar-refractivity contribution in [2.75, 3.05) is 7.11 Å². The number of aryl methyl sites for hydroxylation is 1. The lowest BCUT2D eigenvalue weighted by Crippen LogP contribution is -2.27. The van der Waals surface area contributed by atoms with Crippen molar-refractivity contribution >= 4 is 6.09 Å². The van der Waals surface area contributed by atoms with E-state index in [0.29, 0.717) is 5.88 Å². The SMILES string of the molecule is COc1c(C)ccn1C(=O)OC(C)(C)C. The molecule has 0 spiro atoms. The minimum Gasteiger partial charge on any atom is -0.482 e. The Hall–Kier alpha value is -1.45. The number of hydrogen-bond acceptors (Lipinski definition) is 3. The van der Waals surface area contributed by atoms with E-state index in [2.05, 4.69) is 0 Å². The Balaban J connectivity index is 2.92. The molecule has 15 heavy (non-hydrogen) atoms. The zero-order chi connectivity index (χ0) is 11.6. The topological polar surface area (TPSA) is 40.5 Å². The largest absolute Gasteiger partial charge is 0.482 e. The van der Waals surface area contributed by atoms with Crippen molar-refractivity contribution in [2.45, 2.75) is 33.3 Å². The summed E-state index contributed by atoms with van der Waals surface area (Å²) in [6.45, 7) is 7.36. The normalized spacial score (nSPS) is 11.3. The highest BCUT2D eigenvalue weighted by Gasteiger charge is 2.20. The summed E-state index contributed by atoms with van der Waals surface area (Å²) in [7, 11) is 1.53. The van der Waals surface area contributed by atoms with Gasteiger partial charge in [-0.05, 0) is 33.8 Å². The Morgan fingerprint density at radius 2 is 2.00 bits per heavy atom. The van der Waals surface area contributed by atoms with E-state index in [0.717, 1.165) is 5.56 Å². The zero-order valence-electron chi connectivity index (χ0n) is 9.83. The first-order valence-corrected chi connectivity index (χ1v) is 4.80. The predicted octanol–water partition coefficient (Wildman–Crippen LogP) is 2.59. The lowest BCUT2D eigenvalue weighted by Gasteiger charge is -2.20. The maximum atomic E-state index is 11.7. The summed E-state index contributed by atoms with van der Waals surface area (Å²) in [5.41, 5.74) is 0.406. The molecule has 1 heterocycles. The van der Waals surface area contributed by atoms with E-state index < -0.39 is 11.7 Å². The Bertz CT molecular complexity index is 360. The van der Waals surface area contributed by atoms with E-state index in [4.69, 9.17) is 9.47 Å². The van der Waals surface area contributed by atoms with Gasteiger partial charge in [0.15, 0.2) is 0 Å². The molecule has 0 unspecified atom stereocenters. The van der Waals surface area contributed by atoms with Crippen LogP contribution in [0.15, 0.2) is 12.3 Å². The summed E-state index contributed by atoms with van der Waals surface area (Å²) in [4.78, 5) is 11.7. The van der Waals surface area contributed by atoms with E-state index in [-0.39, 0.29) is 0 Å². The highest BCUT2D eigenvalue weighted by Crippen LogP contribution is 2.20. The maximum Gasteiger partial charge on any atom is 0.421 e. The number of carbonyl (C=O) groups excluding carboxylic acids is 1. The van der Waals surface area contributed by atoms with Crippen molar-refractivity contribution < 1.29 is 14.3 Å². The van der Waals surface area contributed by atoms with Crippen molar-refractivity contribution in [3.63, 3.8) is 0 Å². The lowest BCUT2D eigenvalue weighted by molar-refractivity contribution is 0.0524. The molecule has 0 bridgehead atoms. The standard InChI is InChI=1S/C11H17NO3/c1-8-6-7-12(9(8)14-5)10(13)15-11(2,3)4/h6-7H,1-5H3. The van der Waals surface area contributed by atoms with Gasteiger partial charge in [-0.25, -0.2) is 9.36 Å². The molecule has 1 aromatic heterocycles. The van der Waals surface area contributed by atoms with Gasteiger partial charge in [0, 0.05) is 11.8 Å². The molecule has 0 radical (unpaired) electrons. The van der Waals surface area contributed by atoms with Gasteiger partial charge < -0.3 is 9.47 Å². The Labute approximate surface area is 89.8 Å². The van der Waals surface area contributed by atoms with Crippen molar-refractivity contribution in [1.82, 2.24) is 4.57 Å². The minimum absolute atomic E-state index is 0.424. The number of ether oxygens (including phenoxy) is 2. The summed E-state index contributed by atoms with van der Waals surface area (Å²) in [6.07, 6.45) is 1.22. The second kappa shape index (κ2) is 3.96. The van der Waals surface area contributed by atoms with Gasteiger partial charge in [0.1, 0.15) is 5.60 Å². The average Bonchev–Trinajstić information content (AvgIpc) is 2.43. The van der Waals surface area contributed by atoms with Crippen LogP contribution in [0.2, 0.25) is 0 Å². The highest BCUT2D eigenvalue weighted by atomic mass is 16.6. The van der Waals surface area contributed by atoms with Crippen LogP contribution < -0.4 is 4.74 Å². The number of methoxy groups -OCH3 is 1. The molecule has 0 atom stereocenters. The van der Waals surface area contributed by atoms with E-state index in [9.17, 15) is 4.79 Å². The second-order valence-corrected chi connectivity index (χ2v) is 4.36. The van der Waals surface area contributed by atoms with Crippen molar-refractivity contribution in [1.29, 1.82) is 0 Å². The third kappa shape index (κ3) is 2.75. The molecule has 0 fully saturated rings. The van der Waals surface area contributed by atoms with Crippen LogP contribution >= 0.6 is 0 Å². The Morgan fingerprint density at radius 1 is 1.40 bits per heavy atom. The van der Waals surface area contributed by atoms with Gasteiger partial charge in [0.05, 0.1) is 7.11 Å². The number of hydrogen-bond donors (Lipinski definition) is 0. The van der Waals surface area contributed by atoms with Crippen LogP contribution in [-0.2, 0) is 4.74 Å². The Kier molecular flexibility index (Phi) is 3.07. The monoisotopic (exact) mass is 211 g/mol. The Morgan fingerprint density at radius 3 is 2.47 bits per heavy atom. The van der Waals surface area contributed by atoms with Gasteiger partial charge in [-0.2, -0.15) is 0 Å². The molecule has 0 aliphatic rings. The summed E-state index contributed by atoms with van der Waals surface area (Å²) in [5.74, 6) is 0.518. The first-order chi connectivity index (χ1) is 6.85. The van der Waals surface area contributed by atoms with E-state index in [1.807, 2.05) is 33.8 Å². The lowest BCUT2D eigenvalue weighted by atomic mass is 10.2. The molecule has 0 saturated carbocycles. The van der Waals surface area contributed by atoms with Gasteiger partial charge >= 0.3 is 6.09 Å². The van der Waals surface area contributed by atoms with Crippen LogP contribution in [0.3, 0.4) is 0 Å². The molecule has 0 N–H and O–H groups in total. The first kappa shape index (κ1) is 11.6. The predicted molar refractivity (Wildman–Crippen MR) is 57.4 cm³/mol. The van der Waals surface area contributed by atoms with E-state index in [1.54, 1.807) is 6.20 Å². The average molecular weight is 211 g/mol. The molecule has 0 aliphatic heterocycles. The molecule has 4 heteroatoms. The third-order valence-electron chi connectivity index (χ3n) is 1.81. The van der Waals surface area contributed by atoms with Crippen LogP contribution in [0.1, 0.15) is 26.3 Å². The smallest absolute Gasteiger partial charge is 0.421 e. The van der Waals surface area contributed by atoms with Crippen LogP contribution in [0.25, 0.3) is 0 Å². The van der Waals surface area contributed by atoms with Crippen LogP contribution in [-0.4, -0.2) is 23.4 Å².